The molecular weight excluding hydrogens is 695 g/mol. The number of carbonyl (C=O) groups excluding carboxylic acids is 2. The van der Waals surface area contributed by atoms with Crippen LogP contribution in [0.1, 0.15) is 108 Å². The summed E-state index contributed by atoms with van der Waals surface area (Å²) >= 11 is 0. The molecule has 3 atom stereocenters. The lowest BCUT2D eigenvalue weighted by Gasteiger charge is -2.26. The SMILES string of the molecule is CC(C)c1nc(-c2cc(NC(=O)OC(C)(C)C)cc(F)c2OC(F)(F)F)c(F)c2c1c(C1[C@H]3CN(C(=O)OC(C)(C)C)C[C@@H]13)c(C(=O)O)n2C1CC1. The molecule has 2 saturated carbocycles. The van der Waals surface area contributed by atoms with Crippen molar-refractivity contribution in [3.8, 4) is 17.0 Å². The van der Waals surface area contributed by atoms with Crippen molar-refractivity contribution in [2.24, 2.45) is 11.8 Å². The van der Waals surface area contributed by atoms with Gasteiger partial charge in [0.05, 0.1) is 16.8 Å². The number of nitrogens with zero attached hydrogens (tertiary/aromatic N) is 3. The van der Waals surface area contributed by atoms with Gasteiger partial charge in [-0.05, 0) is 89.7 Å². The first-order valence-corrected chi connectivity index (χ1v) is 17.0. The van der Waals surface area contributed by atoms with Gasteiger partial charge in [0.25, 0.3) is 0 Å². The highest BCUT2D eigenvalue weighted by molar-refractivity contribution is 6.02. The summed E-state index contributed by atoms with van der Waals surface area (Å²) in [5, 5.41) is 13.1. The van der Waals surface area contributed by atoms with Gasteiger partial charge < -0.3 is 28.8 Å². The van der Waals surface area contributed by atoms with E-state index in [-0.39, 0.29) is 45.7 Å². The Balaban J connectivity index is 1.54. The number of benzene rings is 1. The van der Waals surface area contributed by atoms with Crippen LogP contribution >= 0.6 is 0 Å². The smallest absolute Gasteiger partial charge is 0.477 e. The van der Waals surface area contributed by atoms with Crippen molar-refractivity contribution < 1.29 is 55.7 Å². The van der Waals surface area contributed by atoms with Gasteiger partial charge in [0.2, 0.25) is 0 Å². The number of hydrogen-bond donors (Lipinski definition) is 2. The summed E-state index contributed by atoms with van der Waals surface area (Å²) in [7, 11) is 0. The third-order valence-corrected chi connectivity index (χ3v) is 9.15. The number of nitrogens with one attached hydrogen (secondary N) is 1. The summed E-state index contributed by atoms with van der Waals surface area (Å²) in [6.45, 7) is 14.0. The van der Waals surface area contributed by atoms with Gasteiger partial charge in [-0.2, -0.15) is 0 Å². The molecule has 52 heavy (non-hydrogen) atoms. The largest absolute Gasteiger partial charge is 0.573 e. The lowest BCUT2D eigenvalue weighted by atomic mass is 9.95. The number of alkyl halides is 3. The number of carbonyl (C=O) groups is 3. The van der Waals surface area contributed by atoms with Gasteiger partial charge >= 0.3 is 24.5 Å². The van der Waals surface area contributed by atoms with Gasteiger partial charge in [-0.25, -0.2) is 28.1 Å². The summed E-state index contributed by atoms with van der Waals surface area (Å²) < 4.78 is 90.0. The molecule has 3 aromatic rings. The van der Waals surface area contributed by atoms with E-state index in [1.54, 1.807) is 60.3 Å². The number of piperidine rings is 1. The van der Waals surface area contributed by atoms with Crippen LogP contribution in [0, 0.1) is 23.5 Å². The summed E-state index contributed by atoms with van der Waals surface area (Å²) in [4.78, 5) is 44.5. The topological polar surface area (TPSA) is 132 Å². The molecule has 282 valence electrons. The fourth-order valence-corrected chi connectivity index (χ4v) is 7.17. The van der Waals surface area contributed by atoms with E-state index in [4.69, 9.17) is 9.47 Å². The molecule has 2 amide bonds. The quantitative estimate of drug-likeness (QED) is 0.230. The second kappa shape index (κ2) is 12.5. The number of hydrogen-bond acceptors (Lipinski definition) is 7. The summed E-state index contributed by atoms with van der Waals surface area (Å²) in [5.41, 5.74) is -3.34. The van der Waals surface area contributed by atoms with E-state index >= 15 is 8.78 Å². The molecular formula is C36H41F5N4O7. The Kier molecular flexibility index (Phi) is 8.93. The zero-order chi connectivity index (χ0) is 38.4. The minimum Gasteiger partial charge on any atom is -0.477 e. The van der Waals surface area contributed by atoms with E-state index in [1.165, 1.54) is 4.57 Å². The van der Waals surface area contributed by atoms with Crippen molar-refractivity contribution in [2.45, 2.75) is 104 Å². The molecule has 3 aliphatic rings. The van der Waals surface area contributed by atoms with Crippen LogP contribution in [0.3, 0.4) is 0 Å². The first-order chi connectivity index (χ1) is 24.0. The Labute approximate surface area is 296 Å². The normalized spacial score (nSPS) is 20.3. The third-order valence-electron chi connectivity index (χ3n) is 9.15. The number of halogens is 5. The third kappa shape index (κ3) is 7.20. The Morgan fingerprint density at radius 2 is 1.56 bits per heavy atom. The Morgan fingerprint density at radius 1 is 0.962 bits per heavy atom. The molecule has 1 aliphatic heterocycles. The number of ether oxygens (including phenoxy) is 3. The fourth-order valence-electron chi connectivity index (χ4n) is 7.17. The molecule has 2 aromatic heterocycles. The van der Waals surface area contributed by atoms with Crippen LogP contribution < -0.4 is 10.1 Å². The number of aromatic nitrogens is 2. The molecule has 1 unspecified atom stereocenters. The second-order valence-electron chi connectivity index (χ2n) is 16.0. The molecule has 2 aliphatic carbocycles. The zero-order valence-electron chi connectivity index (χ0n) is 30.0. The molecule has 0 bridgehead atoms. The summed E-state index contributed by atoms with van der Waals surface area (Å²) in [6.07, 6.45) is -5.90. The molecule has 0 spiro atoms. The first-order valence-electron chi connectivity index (χ1n) is 17.0. The number of anilines is 1. The summed E-state index contributed by atoms with van der Waals surface area (Å²) in [5.74, 6) is -6.65. The van der Waals surface area contributed by atoms with Gasteiger partial charge in [0.15, 0.2) is 17.4 Å². The number of rotatable bonds is 7. The molecule has 16 heteroatoms. The Hall–Kier alpha value is -4.63. The van der Waals surface area contributed by atoms with Crippen LogP contribution in [-0.4, -0.2) is 68.4 Å². The number of amides is 2. The van der Waals surface area contributed by atoms with Crippen LogP contribution in [0.4, 0.5) is 37.2 Å². The number of fused-ring (bicyclic) bond motifs is 2. The fraction of sp³-hybridized carbons (Fsp3) is 0.556. The lowest BCUT2D eigenvalue weighted by molar-refractivity contribution is -0.275. The van der Waals surface area contributed by atoms with Crippen molar-refractivity contribution >= 4 is 34.7 Å². The van der Waals surface area contributed by atoms with Crippen molar-refractivity contribution in [3.05, 3.63) is 40.7 Å². The van der Waals surface area contributed by atoms with E-state index in [2.05, 4.69) is 15.0 Å². The average molecular weight is 737 g/mol. The lowest BCUT2D eigenvalue weighted by Crippen LogP contribution is -2.37. The number of carboxylic acids is 1. The van der Waals surface area contributed by atoms with Gasteiger partial charge in [-0.1, -0.05) is 13.8 Å². The number of likely N-dealkylation sites (tertiary alicyclic amines) is 1. The molecule has 6 rings (SSSR count). The van der Waals surface area contributed by atoms with E-state index in [0.29, 0.717) is 37.6 Å². The van der Waals surface area contributed by atoms with Crippen LogP contribution in [0.5, 0.6) is 5.75 Å². The van der Waals surface area contributed by atoms with Crippen LogP contribution in [0.2, 0.25) is 0 Å². The van der Waals surface area contributed by atoms with Crippen LogP contribution in [-0.2, 0) is 9.47 Å². The van der Waals surface area contributed by atoms with Crippen molar-refractivity contribution in [1.82, 2.24) is 14.5 Å². The average Bonchev–Trinajstić information content (AvgIpc) is 3.85. The minimum absolute atomic E-state index is 0.150. The van der Waals surface area contributed by atoms with Crippen molar-refractivity contribution in [1.29, 1.82) is 0 Å². The molecule has 1 saturated heterocycles. The predicted molar refractivity (Wildman–Crippen MR) is 178 cm³/mol. The van der Waals surface area contributed by atoms with Crippen molar-refractivity contribution in [2.75, 3.05) is 18.4 Å². The molecule has 2 N–H and O–H groups in total. The van der Waals surface area contributed by atoms with Crippen LogP contribution in [0.25, 0.3) is 22.2 Å². The van der Waals surface area contributed by atoms with Gasteiger partial charge in [0.1, 0.15) is 22.6 Å². The molecule has 0 radical (unpaired) electrons. The van der Waals surface area contributed by atoms with Crippen molar-refractivity contribution in [3.63, 3.8) is 0 Å². The van der Waals surface area contributed by atoms with Gasteiger partial charge in [-0.3, -0.25) is 5.32 Å². The minimum atomic E-state index is -5.40. The summed E-state index contributed by atoms with van der Waals surface area (Å²) in [6, 6.07) is 1.05. The Morgan fingerprint density at radius 3 is 2.06 bits per heavy atom. The van der Waals surface area contributed by atoms with Gasteiger partial charge in [0, 0.05) is 36.3 Å². The second-order valence-corrected chi connectivity index (χ2v) is 16.0. The maximum absolute atomic E-state index is 17.2. The number of aromatic carboxylic acids is 1. The van der Waals surface area contributed by atoms with E-state index in [9.17, 15) is 32.7 Å². The standard InChI is InChI=1S/C36H41F5N4O7/c1-15(2)26-24-23(22-19-13-44(14-20(19)22)33(49)52-35(6,7)8)29(31(46)47)45(17-9-10-17)28(24)25(38)27(43-26)18-11-16(42-32(48)51-34(3,4)5)12-21(37)30(18)50-36(39,40)41/h11-12,15,17,19-20,22H,9-10,13-14H2,1-8H3,(H,42,48)(H,46,47)/t19-,20+,22?. The Bertz CT molecular complexity index is 1960. The predicted octanol–water partition coefficient (Wildman–Crippen LogP) is 8.96. The monoisotopic (exact) mass is 736 g/mol. The number of pyridine rings is 1. The van der Waals surface area contributed by atoms with Gasteiger partial charge in [-0.15, -0.1) is 13.2 Å². The van der Waals surface area contributed by atoms with E-state index < -0.39 is 76.3 Å². The molecule has 1 aromatic carbocycles. The van der Waals surface area contributed by atoms with E-state index in [1.807, 2.05) is 0 Å². The first kappa shape index (κ1) is 37.1. The highest BCUT2D eigenvalue weighted by Gasteiger charge is 2.60. The molecule has 11 nitrogen and oxygen atoms in total. The highest BCUT2D eigenvalue weighted by Crippen LogP contribution is 2.62. The molecule has 3 heterocycles. The molecule has 3 fully saturated rings. The maximum atomic E-state index is 17.2. The van der Waals surface area contributed by atoms with Crippen LogP contribution in [0.15, 0.2) is 12.1 Å². The highest BCUT2D eigenvalue weighted by atomic mass is 19.4. The number of carboxylic acid groups (broad SMARTS) is 1. The van der Waals surface area contributed by atoms with E-state index in [0.717, 1.165) is 6.07 Å². The maximum Gasteiger partial charge on any atom is 0.573 e. The zero-order valence-corrected chi connectivity index (χ0v) is 30.0.